The molecule has 0 aliphatic rings. The topological polar surface area (TPSA) is 77.3 Å². The van der Waals surface area contributed by atoms with Gasteiger partial charge in [0, 0.05) is 70.2 Å². The summed E-state index contributed by atoms with van der Waals surface area (Å²) in [6, 6.07) is 180. The Balaban J connectivity index is 0.000000114. The first-order valence-electron chi connectivity index (χ1n) is 45.7. The van der Waals surface area contributed by atoms with Gasteiger partial charge < -0.3 is 0 Å². The highest BCUT2D eigenvalue weighted by atomic mass is 32.1. The highest BCUT2D eigenvalue weighted by Crippen LogP contribution is 2.44. The largest absolute Gasteiger partial charge is 0.228 e. The standard InChI is InChI=1S/C44H28N2S.2C42H28N2/c1-2-10-29(11-3-1)30-20-24-33(25-21-30)40-28-41(46-44(45-40)39-18-8-13-31-12-4-5-14-35(31)39)34-26-22-32(23-27-34)36-16-9-17-38-37-15-6-7-19-42(37)47-43(36)38;1-2-10-29(11-3-1)30-20-24-34(25-21-30)40-28-41(44-42(43-40)39-19-9-15-32-13-5-7-17-38(32)39)35-26-22-33(23-27-35)37-18-8-14-31-12-4-6-16-36(31)37;1-2-9-29(10-3-1)31-17-22-34(23-18-31)40-28-41(44-42(43-40)39-16-8-14-33-12-6-7-15-38(33)39)35-24-19-32(20-25-35)37-26-21-30-11-4-5-13-36(30)27-37/h1-28H;2*1-28H. The zero-order valence-corrected chi connectivity index (χ0v) is 74.4. The van der Waals surface area contributed by atoms with E-state index < -0.39 is 0 Å². The van der Waals surface area contributed by atoms with Crippen LogP contribution in [0.1, 0.15) is 0 Å². The van der Waals surface area contributed by atoms with Gasteiger partial charge in [-0.05, 0) is 151 Å². The van der Waals surface area contributed by atoms with Gasteiger partial charge in [0.05, 0.1) is 34.2 Å². The maximum atomic E-state index is 5.19. The van der Waals surface area contributed by atoms with Gasteiger partial charge in [-0.1, -0.05) is 479 Å². The Morgan fingerprint density at radius 2 is 0.356 bits per heavy atom. The van der Waals surface area contributed by atoms with Crippen molar-refractivity contribution in [3.8, 4) is 168 Å². The SMILES string of the molecule is c1ccc(-c2ccc(-c3cc(-c4ccc(-c5ccc6ccccc6c5)cc4)nc(-c4cccc5ccccc45)n3)cc2)cc1.c1ccc(-c2ccc(-c3cc(-c4ccc(-c5cccc6c5sc5ccccc56)cc4)nc(-c4cccc5ccccc45)n3)cc2)cc1.c1ccc(-c2ccc(-c3cc(-c4ccc(-c5cccc6ccccc56)cc4)nc(-c4cccc5ccccc45)n3)cc2)cc1. The highest BCUT2D eigenvalue weighted by molar-refractivity contribution is 7.26. The number of nitrogens with zero attached hydrogens (tertiary/aromatic N) is 6. The molecule has 4 aromatic heterocycles. The zero-order valence-electron chi connectivity index (χ0n) is 73.6. The number of fused-ring (bicyclic) bond motifs is 8. The lowest BCUT2D eigenvalue weighted by Crippen LogP contribution is -1.96. The summed E-state index contributed by atoms with van der Waals surface area (Å²) in [5.74, 6) is 2.17. The van der Waals surface area contributed by atoms with Crippen LogP contribution in [0.2, 0.25) is 0 Å². The summed E-state index contributed by atoms with van der Waals surface area (Å²) in [5, 5.41) is 14.6. The van der Waals surface area contributed by atoms with Crippen LogP contribution >= 0.6 is 11.3 Å². The molecule has 25 aromatic rings. The second-order valence-corrected chi connectivity index (χ2v) is 34.9. The maximum Gasteiger partial charge on any atom is 0.161 e. The molecule has 0 N–H and O–H groups in total. The van der Waals surface area contributed by atoms with Gasteiger partial charge in [-0.25, -0.2) is 29.9 Å². The monoisotopic (exact) mass is 1740 g/mol. The third-order valence-electron chi connectivity index (χ3n) is 25.6. The predicted molar refractivity (Wildman–Crippen MR) is 568 cm³/mol. The van der Waals surface area contributed by atoms with Gasteiger partial charge in [0.1, 0.15) is 0 Å². The number of hydrogen-bond donors (Lipinski definition) is 0. The lowest BCUT2D eigenvalue weighted by Gasteiger charge is -2.12. The van der Waals surface area contributed by atoms with Crippen molar-refractivity contribution in [3.05, 3.63) is 510 Å². The smallest absolute Gasteiger partial charge is 0.161 e. The molecule has 0 aliphatic carbocycles. The van der Waals surface area contributed by atoms with E-state index in [1.54, 1.807) is 0 Å². The molecule has 7 heteroatoms. The summed E-state index contributed by atoms with van der Waals surface area (Å²) in [4.78, 5) is 30.9. The Bertz CT molecular complexity index is 8640. The summed E-state index contributed by atoms with van der Waals surface area (Å²) in [6.07, 6.45) is 0. The van der Waals surface area contributed by atoms with E-state index in [0.717, 1.165) is 118 Å². The van der Waals surface area contributed by atoms with E-state index in [9.17, 15) is 0 Å². The molecule has 25 rings (SSSR count). The van der Waals surface area contributed by atoms with Gasteiger partial charge >= 0.3 is 0 Å². The third kappa shape index (κ3) is 17.0. The van der Waals surface area contributed by atoms with Crippen molar-refractivity contribution in [2.24, 2.45) is 0 Å². The quantitative estimate of drug-likeness (QED) is 0.102. The molecule has 21 aromatic carbocycles. The van der Waals surface area contributed by atoms with Crippen molar-refractivity contribution in [3.63, 3.8) is 0 Å². The molecule has 6 nitrogen and oxygen atoms in total. The molecule has 0 aliphatic heterocycles. The molecule has 4 heterocycles. The third-order valence-corrected chi connectivity index (χ3v) is 26.8. The van der Waals surface area contributed by atoms with Crippen LogP contribution in [0, 0.1) is 0 Å². The second-order valence-electron chi connectivity index (χ2n) is 33.9. The summed E-state index contributed by atoms with van der Waals surface area (Å²) in [5.41, 5.74) is 29.2. The number of rotatable bonds is 15. The van der Waals surface area contributed by atoms with Crippen molar-refractivity contribution >= 4 is 85.4 Å². The first kappa shape index (κ1) is 81.8. The van der Waals surface area contributed by atoms with Gasteiger partial charge in [-0.2, -0.15) is 0 Å². The Labute approximate surface area is 787 Å². The van der Waals surface area contributed by atoms with E-state index in [0.29, 0.717) is 0 Å². The van der Waals surface area contributed by atoms with E-state index in [1.165, 1.54) is 125 Å². The molecule has 0 bridgehead atoms. The molecule has 0 saturated carbocycles. The molecule has 632 valence electrons. The minimum absolute atomic E-state index is 0.722. The van der Waals surface area contributed by atoms with Gasteiger partial charge in [0.15, 0.2) is 17.5 Å². The normalized spacial score (nSPS) is 11.3. The predicted octanol–water partition coefficient (Wildman–Crippen LogP) is 34.6. The van der Waals surface area contributed by atoms with Gasteiger partial charge in [0.2, 0.25) is 0 Å². The molecule has 135 heavy (non-hydrogen) atoms. The Hall–Kier alpha value is -17.6. The molecule has 0 saturated heterocycles. The lowest BCUT2D eigenvalue weighted by atomic mass is 9.96. The highest BCUT2D eigenvalue weighted by Gasteiger charge is 2.21. The van der Waals surface area contributed by atoms with Crippen LogP contribution < -0.4 is 0 Å². The van der Waals surface area contributed by atoms with Crippen molar-refractivity contribution in [2.75, 3.05) is 0 Å². The molecule has 0 amide bonds. The minimum Gasteiger partial charge on any atom is -0.228 e. The average molecular weight is 1740 g/mol. The summed E-state index contributed by atoms with van der Waals surface area (Å²) in [7, 11) is 0. The summed E-state index contributed by atoms with van der Waals surface area (Å²) in [6.45, 7) is 0. The molecule has 0 spiro atoms. The fourth-order valence-corrected chi connectivity index (χ4v) is 19.8. The van der Waals surface area contributed by atoms with E-state index in [-0.39, 0.29) is 0 Å². The van der Waals surface area contributed by atoms with Crippen LogP contribution in [0.4, 0.5) is 0 Å². The summed E-state index contributed by atoms with van der Waals surface area (Å²) >= 11 is 1.86. The Kier molecular flexibility index (Phi) is 22.3. The minimum atomic E-state index is 0.722. The van der Waals surface area contributed by atoms with Crippen LogP contribution in [0.15, 0.2) is 510 Å². The first-order chi connectivity index (χ1) is 66.9. The first-order valence-corrected chi connectivity index (χ1v) is 46.5. The van der Waals surface area contributed by atoms with E-state index >= 15 is 0 Å². The molecular weight excluding hydrogens is 1650 g/mol. The summed E-state index contributed by atoms with van der Waals surface area (Å²) < 4.78 is 2.64. The van der Waals surface area contributed by atoms with Crippen molar-refractivity contribution < 1.29 is 0 Å². The van der Waals surface area contributed by atoms with E-state index in [1.807, 2.05) is 29.5 Å². The van der Waals surface area contributed by atoms with E-state index in [2.05, 4.69) is 491 Å². The van der Waals surface area contributed by atoms with Crippen molar-refractivity contribution in [1.82, 2.24) is 29.9 Å². The van der Waals surface area contributed by atoms with Crippen LogP contribution in [0.3, 0.4) is 0 Å². The Morgan fingerprint density at radius 3 is 0.719 bits per heavy atom. The van der Waals surface area contributed by atoms with Gasteiger partial charge in [0.25, 0.3) is 0 Å². The zero-order chi connectivity index (χ0) is 89.8. The fraction of sp³-hybridized carbons (Fsp3) is 0. The number of aromatic nitrogens is 6. The number of benzene rings is 21. The molecular formula is C128H84N6S. The second kappa shape index (κ2) is 36.7. The van der Waals surface area contributed by atoms with Crippen LogP contribution in [0.5, 0.6) is 0 Å². The number of thiophene rings is 1. The fourth-order valence-electron chi connectivity index (χ4n) is 18.5. The lowest BCUT2D eigenvalue weighted by molar-refractivity contribution is 1.19. The van der Waals surface area contributed by atoms with Crippen LogP contribution in [0.25, 0.3) is 243 Å². The van der Waals surface area contributed by atoms with Crippen LogP contribution in [-0.2, 0) is 0 Å². The molecule has 0 unspecified atom stereocenters. The van der Waals surface area contributed by atoms with Crippen molar-refractivity contribution in [2.45, 2.75) is 0 Å². The maximum absolute atomic E-state index is 5.19. The van der Waals surface area contributed by atoms with Crippen molar-refractivity contribution in [1.29, 1.82) is 0 Å². The Morgan fingerprint density at radius 1 is 0.126 bits per heavy atom. The average Bonchev–Trinajstić information content (AvgIpc) is 1.61. The molecule has 0 fully saturated rings. The van der Waals surface area contributed by atoms with Gasteiger partial charge in [-0.3, -0.25) is 0 Å². The van der Waals surface area contributed by atoms with E-state index in [4.69, 9.17) is 29.9 Å². The molecule has 0 radical (unpaired) electrons. The van der Waals surface area contributed by atoms with Crippen LogP contribution in [-0.4, -0.2) is 29.9 Å². The number of hydrogen-bond acceptors (Lipinski definition) is 7. The molecule has 0 atom stereocenters. The van der Waals surface area contributed by atoms with Gasteiger partial charge in [-0.15, -0.1) is 11.3 Å².